The van der Waals surface area contributed by atoms with E-state index in [1.54, 1.807) is 12.7 Å². The molecule has 3 aliphatic rings. The van der Waals surface area contributed by atoms with Crippen LogP contribution in [0, 0.1) is 11.8 Å². The Morgan fingerprint density at radius 1 is 1.19 bits per heavy atom. The Balaban J connectivity index is 1.44. The first-order chi connectivity index (χ1) is 13.2. The van der Waals surface area contributed by atoms with Gasteiger partial charge in [0.1, 0.15) is 5.75 Å². The van der Waals surface area contributed by atoms with Crippen LogP contribution in [-0.2, 0) is 18.3 Å². The fraction of sp³-hybridized carbons (Fsp3) is 0.478. The average Bonchev–Trinajstić information content (AvgIpc) is 3.28. The maximum Gasteiger partial charge on any atom is 0.155 e. The Hall–Kier alpha value is -2.36. The first-order valence-electron chi connectivity index (χ1n) is 10.2. The molecule has 2 heterocycles. The fourth-order valence-electron chi connectivity index (χ4n) is 6.58. The molecule has 0 saturated heterocycles. The number of hydrogen-bond donors (Lipinski definition) is 0. The first kappa shape index (κ1) is 15.7. The Bertz CT molecular complexity index is 1050. The van der Waals surface area contributed by atoms with Crippen LogP contribution < -0.4 is 4.74 Å². The summed E-state index contributed by atoms with van der Waals surface area (Å²) in [5, 5.41) is 4.63. The number of aryl methyl sites for hydroxylation is 1. The van der Waals surface area contributed by atoms with Crippen LogP contribution in [0.2, 0.25) is 0 Å². The minimum absolute atomic E-state index is 0.216. The summed E-state index contributed by atoms with van der Waals surface area (Å²) in [4.78, 5) is 4.65. The Labute approximate surface area is 159 Å². The summed E-state index contributed by atoms with van der Waals surface area (Å²) >= 11 is 0. The molecule has 4 heteroatoms. The SMILES string of the molecule is COc1ccc2c(c1)CC[C@@H]1[C@@H]2CC[C@]2(C)c3c(cnc4ccnn34)C[C@@H]12. The molecule has 138 valence electrons. The van der Waals surface area contributed by atoms with Crippen LogP contribution in [0.25, 0.3) is 5.65 Å². The second-order valence-corrected chi connectivity index (χ2v) is 8.87. The van der Waals surface area contributed by atoms with Crippen LogP contribution in [-0.4, -0.2) is 21.7 Å². The molecule has 1 saturated carbocycles. The molecule has 0 amide bonds. The third-order valence-corrected chi connectivity index (χ3v) is 7.80. The van der Waals surface area contributed by atoms with E-state index in [-0.39, 0.29) is 5.41 Å². The minimum atomic E-state index is 0.216. The molecule has 1 fully saturated rings. The number of rotatable bonds is 1. The minimum Gasteiger partial charge on any atom is -0.497 e. The fourth-order valence-corrected chi connectivity index (χ4v) is 6.58. The van der Waals surface area contributed by atoms with Crippen LogP contribution in [0.3, 0.4) is 0 Å². The van der Waals surface area contributed by atoms with Crippen molar-refractivity contribution in [3.05, 3.63) is 59.0 Å². The number of aromatic nitrogens is 3. The molecule has 1 aromatic carbocycles. The van der Waals surface area contributed by atoms with Crippen LogP contribution >= 0.6 is 0 Å². The molecule has 0 bridgehead atoms. The summed E-state index contributed by atoms with van der Waals surface area (Å²) in [5.41, 5.74) is 7.13. The van der Waals surface area contributed by atoms with Gasteiger partial charge in [0.2, 0.25) is 0 Å². The predicted molar refractivity (Wildman–Crippen MR) is 104 cm³/mol. The van der Waals surface area contributed by atoms with Gasteiger partial charge in [-0.3, -0.25) is 0 Å². The molecule has 3 aromatic rings. The third kappa shape index (κ3) is 1.99. The van der Waals surface area contributed by atoms with Crippen LogP contribution in [0.5, 0.6) is 5.75 Å². The molecule has 2 aromatic heterocycles. The van der Waals surface area contributed by atoms with E-state index in [1.165, 1.54) is 42.5 Å². The molecular formula is C23H25N3O. The molecule has 0 aliphatic heterocycles. The maximum absolute atomic E-state index is 5.46. The lowest BCUT2D eigenvalue weighted by atomic mass is 9.55. The number of methoxy groups -OCH3 is 1. The Kier molecular flexibility index (Phi) is 3.10. The van der Waals surface area contributed by atoms with Gasteiger partial charge >= 0.3 is 0 Å². The molecule has 0 spiro atoms. The average molecular weight is 359 g/mol. The topological polar surface area (TPSA) is 39.4 Å². The second-order valence-electron chi connectivity index (χ2n) is 8.87. The van der Waals surface area contributed by atoms with Crippen LogP contribution in [0.15, 0.2) is 36.7 Å². The van der Waals surface area contributed by atoms with Crippen molar-refractivity contribution >= 4 is 5.65 Å². The van der Waals surface area contributed by atoms with E-state index < -0.39 is 0 Å². The highest BCUT2D eigenvalue weighted by Gasteiger charge is 2.54. The van der Waals surface area contributed by atoms with Crippen molar-refractivity contribution in [3.8, 4) is 5.75 Å². The van der Waals surface area contributed by atoms with E-state index in [0.29, 0.717) is 11.8 Å². The standard InChI is InChI=1S/C23H25N3O/c1-23-9-7-18-17-6-4-16(27-2)11-14(17)3-5-19(18)20(23)12-15-13-24-21-8-10-25-26(21)22(15)23/h4,6,8,10-11,13,18-20H,3,5,7,9,12H2,1-2H3/t18-,19-,20+,23+/m1/s1. The zero-order chi connectivity index (χ0) is 18.2. The molecule has 0 unspecified atom stereocenters. The van der Waals surface area contributed by atoms with Crippen molar-refractivity contribution in [3.63, 3.8) is 0 Å². The van der Waals surface area contributed by atoms with Crippen molar-refractivity contribution in [2.24, 2.45) is 11.8 Å². The lowest BCUT2D eigenvalue weighted by Crippen LogP contribution is -2.43. The van der Waals surface area contributed by atoms with Crippen molar-refractivity contribution < 1.29 is 4.74 Å². The van der Waals surface area contributed by atoms with Crippen molar-refractivity contribution in [2.45, 2.75) is 50.4 Å². The van der Waals surface area contributed by atoms with Crippen LogP contribution in [0.4, 0.5) is 0 Å². The smallest absolute Gasteiger partial charge is 0.155 e. The quantitative estimate of drug-likeness (QED) is 0.650. The summed E-state index contributed by atoms with van der Waals surface area (Å²) in [7, 11) is 1.76. The molecule has 0 N–H and O–H groups in total. The van der Waals surface area contributed by atoms with Crippen LogP contribution in [0.1, 0.15) is 54.5 Å². The summed E-state index contributed by atoms with van der Waals surface area (Å²) in [6.45, 7) is 2.49. The maximum atomic E-state index is 5.46. The van der Waals surface area contributed by atoms with E-state index in [1.807, 2.05) is 12.3 Å². The Morgan fingerprint density at radius 3 is 3.00 bits per heavy atom. The van der Waals surface area contributed by atoms with Gasteiger partial charge in [-0.15, -0.1) is 0 Å². The lowest BCUT2D eigenvalue weighted by molar-refractivity contribution is 0.103. The Morgan fingerprint density at radius 2 is 2.11 bits per heavy atom. The van der Waals surface area contributed by atoms with Crippen molar-refractivity contribution in [1.82, 2.24) is 14.6 Å². The second kappa shape index (κ2) is 5.34. The monoisotopic (exact) mass is 359 g/mol. The molecular weight excluding hydrogens is 334 g/mol. The highest BCUT2D eigenvalue weighted by Crippen LogP contribution is 2.59. The van der Waals surface area contributed by atoms with Gasteiger partial charge < -0.3 is 4.74 Å². The van der Waals surface area contributed by atoms with Gasteiger partial charge in [0.25, 0.3) is 0 Å². The lowest BCUT2D eigenvalue weighted by Gasteiger charge is -2.49. The van der Waals surface area contributed by atoms with E-state index >= 15 is 0 Å². The zero-order valence-corrected chi connectivity index (χ0v) is 16.0. The third-order valence-electron chi connectivity index (χ3n) is 7.80. The molecule has 0 radical (unpaired) electrons. The zero-order valence-electron chi connectivity index (χ0n) is 16.0. The number of nitrogens with zero attached hydrogens (tertiary/aromatic N) is 3. The number of fused-ring (bicyclic) bond motifs is 9. The van der Waals surface area contributed by atoms with E-state index in [0.717, 1.165) is 23.7 Å². The first-order valence-corrected chi connectivity index (χ1v) is 10.2. The van der Waals surface area contributed by atoms with E-state index in [9.17, 15) is 0 Å². The van der Waals surface area contributed by atoms with Gasteiger partial charge in [-0.05, 0) is 78.7 Å². The van der Waals surface area contributed by atoms with Gasteiger partial charge in [-0.1, -0.05) is 13.0 Å². The number of benzene rings is 1. The summed E-state index contributed by atoms with van der Waals surface area (Å²) in [6.07, 6.45) is 10.1. The van der Waals surface area contributed by atoms with Crippen molar-refractivity contribution in [1.29, 1.82) is 0 Å². The van der Waals surface area contributed by atoms with Gasteiger partial charge in [0.15, 0.2) is 5.65 Å². The predicted octanol–water partition coefficient (Wildman–Crippen LogP) is 4.31. The molecule has 27 heavy (non-hydrogen) atoms. The largest absolute Gasteiger partial charge is 0.497 e. The molecule has 4 atom stereocenters. The highest BCUT2D eigenvalue weighted by atomic mass is 16.5. The normalized spacial score (nSPS) is 31.1. The van der Waals surface area contributed by atoms with Gasteiger partial charge in [-0.2, -0.15) is 5.10 Å². The summed E-state index contributed by atoms with van der Waals surface area (Å²) in [5.74, 6) is 3.13. The van der Waals surface area contributed by atoms with Gasteiger partial charge in [0, 0.05) is 17.7 Å². The highest BCUT2D eigenvalue weighted by molar-refractivity contribution is 5.47. The number of hydrogen-bond acceptors (Lipinski definition) is 3. The van der Waals surface area contributed by atoms with E-state index in [2.05, 4.69) is 45.9 Å². The molecule has 3 aliphatic carbocycles. The molecule has 4 nitrogen and oxygen atoms in total. The number of ether oxygens (including phenoxy) is 1. The molecule has 6 rings (SSSR count). The summed E-state index contributed by atoms with van der Waals surface area (Å²) < 4.78 is 7.58. The van der Waals surface area contributed by atoms with E-state index in [4.69, 9.17) is 4.74 Å². The van der Waals surface area contributed by atoms with Gasteiger partial charge in [0.05, 0.1) is 19.0 Å². The summed E-state index contributed by atoms with van der Waals surface area (Å²) in [6, 6.07) is 8.77. The van der Waals surface area contributed by atoms with Gasteiger partial charge in [-0.25, -0.2) is 9.50 Å². The van der Waals surface area contributed by atoms with Crippen molar-refractivity contribution in [2.75, 3.05) is 7.11 Å².